The van der Waals surface area contributed by atoms with Crippen LogP contribution in [-0.4, -0.2) is 25.1 Å². The maximum atomic E-state index is 12.3. The number of para-hydroxylation sites is 1. The van der Waals surface area contributed by atoms with Crippen molar-refractivity contribution in [1.82, 2.24) is 0 Å². The van der Waals surface area contributed by atoms with Gasteiger partial charge in [0, 0.05) is 11.8 Å². The smallest absolute Gasteiger partial charge is 0.331 e. The van der Waals surface area contributed by atoms with E-state index >= 15 is 0 Å². The zero-order valence-electron chi connectivity index (χ0n) is 17.3. The monoisotopic (exact) mass is 417 g/mol. The number of hydrogen-bond acceptors (Lipinski definition) is 5. The van der Waals surface area contributed by atoms with E-state index in [2.05, 4.69) is 5.32 Å². The number of carbonyl (C=O) groups excluding carboxylic acids is 2. The molecule has 0 radical (unpaired) electrons. The maximum absolute atomic E-state index is 12.3. The molecule has 31 heavy (non-hydrogen) atoms. The van der Waals surface area contributed by atoms with Gasteiger partial charge in [0.15, 0.2) is 6.10 Å². The number of carbonyl (C=O) groups is 2. The Labute approximate surface area is 181 Å². The summed E-state index contributed by atoms with van der Waals surface area (Å²) in [6.07, 6.45) is 1.94. The van der Waals surface area contributed by atoms with Gasteiger partial charge in [-0.2, -0.15) is 0 Å². The van der Waals surface area contributed by atoms with Crippen LogP contribution in [0.15, 0.2) is 84.9 Å². The third-order valence-corrected chi connectivity index (χ3v) is 4.29. The van der Waals surface area contributed by atoms with Crippen LogP contribution in [0.5, 0.6) is 17.2 Å². The van der Waals surface area contributed by atoms with Crippen LogP contribution in [-0.2, 0) is 14.3 Å². The van der Waals surface area contributed by atoms with Crippen molar-refractivity contribution in [3.8, 4) is 17.2 Å². The summed E-state index contributed by atoms with van der Waals surface area (Å²) in [6.45, 7) is 1.52. The fourth-order valence-corrected chi connectivity index (χ4v) is 2.62. The van der Waals surface area contributed by atoms with Crippen molar-refractivity contribution < 1.29 is 23.8 Å². The number of anilines is 1. The molecule has 0 heterocycles. The quantitative estimate of drug-likeness (QED) is 0.409. The van der Waals surface area contributed by atoms with Gasteiger partial charge in [0.05, 0.1) is 7.11 Å². The Balaban J connectivity index is 1.49. The molecule has 3 rings (SSSR count). The number of esters is 1. The lowest BCUT2D eigenvalue weighted by Crippen LogP contribution is -2.29. The molecule has 6 heteroatoms. The molecule has 0 spiro atoms. The van der Waals surface area contributed by atoms with E-state index < -0.39 is 18.0 Å². The second-order valence-electron chi connectivity index (χ2n) is 6.61. The summed E-state index contributed by atoms with van der Waals surface area (Å²) in [4.78, 5) is 24.3. The zero-order valence-corrected chi connectivity index (χ0v) is 17.3. The van der Waals surface area contributed by atoms with Gasteiger partial charge in [0.1, 0.15) is 17.2 Å². The number of benzene rings is 3. The standard InChI is InChI=1S/C25H23NO5/c1-18(30-24(27)17-10-19-8-13-21(29-2)14-9-19)25(28)26-20-11-15-23(16-12-20)31-22-6-4-3-5-7-22/h3-18H,1-2H3,(H,26,28)/b17-10+/t18-/m0/s1. The molecule has 0 aromatic heterocycles. The Morgan fingerprint density at radius 2 is 1.45 bits per heavy atom. The van der Waals surface area contributed by atoms with Crippen LogP contribution >= 0.6 is 0 Å². The molecule has 0 fully saturated rings. The molecule has 0 saturated heterocycles. The summed E-state index contributed by atoms with van der Waals surface area (Å²) < 4.78 is 16.0. The topological polar surface area (TPSA) is 73.9 Å². The summed E-state index contributed by atoms with van der Waals surface area (Å²) in [5, 5.41) is 2.71. The van der Waals surface area contributed by atoms with Crippen molar-refractivity contribution in [2.45, 2.75) is 13.0 Å². The fourth-order valence-electron chi connectivity index (χ4n) is 2.62. The summed E-state index contributed by atoms with van der Waals surface area (Å²) in [6, 6.07) is 23.5. The molecule has 1 atom stereocenters. The molecule has 0 aliphatic heterocycles. The molecule has 6 nitrogen and oxygen atoms in total. The molecule has 0 aliphatic carbocycles. The number of methoxy groups -OCH3 is 1. The van der Waals surface area contributed by atoms with Gasteiger partial charge in [0.2, 0.25) is 0 Å². The van der Waals surface area contributed by atoms with Crippen LogP contribution < -0.4 is 14.8 Å². The van der Waals surface area contributed by atoms with Crippen LogP contribution in [0.25, 0.3) is 6.08 Å². The molecule has 3 aromatic carbocycles. The van der Waals surface area contributed by atoms with Crippen molar-refractivity contribution in [3.05, 3.63) is 90.5 Å². The van der Waals surface area contributed by atoms with E-state index in [9.17, 15) is 9.59 Å². The van der Waals surface area contributed by atoms with Gasteiger partial charge >= 0.3 is 5.97 Å². The molecule has 3 aromatic rings. The fraction of sp³-hybridized carbons (Fsp3) is 0.120. The summed E-state index contributed by atoms with van der Waals surface area (Å²) in [5.41, 5.74) is 1.38. The van der Waals surface area contributed by atoms with E-state index in [-0.39, 0.29) is 0 Å². The lowest BCUT2D eigenvalue weighted by molar-refractivity contribution is -0.148. The van der Waals surface area contributed by atoms with Crippen LogP contribution in [0.4, 0.5) is 5.69 Å². The minimum absolute atomic E-state index is 0.428. The predicted octanol–water partition coefficient (Wildman–Crippen LogP) is 5.07. The summed E-state index contributed by atoms with van der Waals surface area (Å²) in [5.74, 6) is 1.06. The first-order chi connectivity index (χ1) is 15.0. The van der Waals surface area contributed by atoms with Crippen LogP contribution in [0, 0.1) is 0 Å². The molecule has 158 valence electrons. The first-order valence-electron chi connectivity index (χ1n) is 9.70. The second-order valence-corrected chi connectivity index (χ2v) is 6.61. The highest BCUT2D eigenvalue weighted by molar-refractivity contribution is 5.96. The molecule has 1 N–H and O–H groups in total. The second kappa shape index (κ2) is 10.6. The molecule has 1 amide bonds. The number of ether oxygens (including phenoxy) is 3. The van der Waals surface area contributed by atoms with E-state index in [1.165, 1.54) is 13.0 Å². The SMILES string of the molecule is COc1ccc(/C=C/C(=O)O[C@@H](C)C(=O)Nc2ccc(Oc3ccccc3)cc2)cc1. The Morgan fingerprint density at radius 1 is 0.839 bits per heavy atom. The number of amides is 1. The summed E-state index contributed by atoms with van der Waals surface area (Å²) in [7, 11) is 1.58. The van der Waals surface area contributed by atoms with Gasteiger partial charge in [-0.1, -0.05) is 30.3 Å². The van der Waals surface area contributed by atoms with Crippen LogP contribution in [0.1, 0.15) is 12.5 Å². The normalized spacial score (nSPS) is 11.5. The van der Waals surface area contributed by atoms with Crippen molar-refractivity contribution in [1.29, 1.82) is 0 Å². The van der Waals surface area contributed by atoms with Crippen LogP contribution in [0.2, 0.25) is 0 Å². The predicted molar refractivity (Wildman–Crippen MR) is 119 cm³/mol. The lowest BCUT2D eigenvalue weighted by atomic mass is 10.2. The average Bonchev–Trinajstić information content (AvgIpc) is 2.80. The van der Waals surface area contributed by atoms with E-state index in [0.29, 0.717) is 11.4 Å². The van der Waals surface area contributed by atoms with E-state index in [0.717, 1.165) is 17.1 Å². The van der Waals surface area contributed by atoms with E-state index in [4.69, 9.17) is 14.2 Å². The van der Waals surface area contributed by atoms with Crippen LogP contribution in [0.3, 0.4) is 0 Å². The highest BCUT2D eigenvalue weighted by atomic mass is 16.5. The highest BCUT2D eigenvalue weighted by Gasteiger charge is 2.16. The third kappa shape index (κ3) is 6.75. The lowest BCUT2D eigenvalue weighted by Gasteiger charge is -2.13. The first kappa shape index (κ1) is 21.6. The van der Waals surface area contributed by atoms with Crippen molar-refractivity contribution in [2.24, 2.45) is 0 Å². The third-order valence-electron chi connectivity index (χ3n) is 4.29. The molecular weight excluding hydrogens is 394 g/mol. The van der Waals surface area contributed by atoms with Gasteiger partial charge in [-0.3, -0.25) is 4.79 Å². The number of nitrogens with one attached hydrogen (secondary N) is 1. The summed E-state index contributed by atoms with van der Waals surface area (Å²) >= 11 is 0. The minimum Gasteiger partial charge on any atom is -0.497 e. The van der Waals surface area contributed by atoms with Crippen molar-refractivity contribution in [3.63, 3.8) is 0 Å². The minimum atomic E-state index is -0.951. The Hall–Kier alpha value is -4.06. The van der Waals surface area contributed by atoms with Crippen molar-refractivity contribution >= 4 is 23.6 Å². The van der Waals surface area contributed by atoms with E-state index in [1.54, 1.807) is 49.6 Å². The van der Waals surface area contributed by atoms with Gasteiger partial charge in [0.25, 0.3) is 5.91 Å². The zero-order chi connectivity index (χ0) is 22.1. The van der Waals surface area contributed by atoms with Gasteiger partial charge in [-0.25, -0.2) is 4.79 Å². The number of hydrogen-bond donors (Lipinski definition) is 1. The Bertz CT molecular complexity index is 1030. The number of rotatable bonds is 8. The van der Waals surface area contributed by atoms with E-state index in [1.807, 2.05) is 42.5 Å². The van der Waals surface area contributed by atoms with Gasteiger partial charge in [-0.15, -0.1) is 0 Å². The average molecular weight is 417 g/mol. The molecule has 0 aliphatic rings. The maximum Gasteiger partial charge on any atom is 0.331 e. The largest absolute Gasteiger partial charge is 0.497 e. The Kier molecular flexibility index (Phi) is 7.43. The van der Waals surface area contributed by atoms with Crippen molar-refractivity contribution in [2.75, 3.05) is 12.4 Å². The molecule has 0 bridgehead atoms. The molecule has 0 unspecified atom stereocenters. The molecule has 0 saturated carbocycles. The Morgan fingerprint density at radius 3 is 2.10 bits per heavy atom. The van der Waals surface area contributed by atoms with Gasteiger partial charge in [-0.05, 0) is 67.1 Å². The highest BCUT2D eigenvalue weighted by Crippen LogP contribution is 2.22. The first-order valence-corrected chi connectivity index (χ1v) is 9.70. The van der Waals surface area contributed by atoms with Gasteiger partial charge < -0.3 is 19.5 Å². The molecular formula is C25H23NO5.